The predicted molar refractivity (Wildman–Crippen MR) is 57.5 cm³/mol. The van der Waals surface area contributed by atoms with Crippen molar-refractivity contribution in [3.05, 3.63) is 30.1 Å². The molecular weight excluding hydrogens is 241 g/mol. The molecule has 0 spiro atoms. The Balaban J connectivity index is 0.00000112. The van der Waals surface area contributed by atoms with Crippen LogP contribution >= 0.6 is 12.4 Å². The number of nitrogens with one attached hydrogen (secondary N) is 1. The lowest BCUT2D eigenvalue weighted by Gasteiger charge is -2.26. The largest absolute Gasteiger partial charge is 0.314 e. The molecule has 0 radical (unpaired) electrons. The van der Waals surface area contributed by atoms with Crippen molar-refractivity contribution >= 4 is 22.2 Å². The molecule has 0 saturated carbocycles. The lowest BCUT2D eigenvalue weighted by atomic mass is 10.3. The molecular formula is C9H11ClFNO2S. The van der Waals surface area contributed by atoms with E-state index in [9.17, 15) is 12.8 Å². The molecule has 0 atom stereocenters. The lowest BCUT2D eigenvalue weighted by Crippen LogP contribution is -2.51. The van der Waals surface area contributed by atoms with E-state index in [4.69, 9.17) is 0 Å². The summed E-state index contributed by atoms with van der Waals surface area (Å²) in [4.78, 5) is 0.0731. The second-order valence-electron chi connectivity index (χ2n) is 3.28. The van der Waals surface area contributed by atoms with Crippen molar-refractivity contribution in [2.75, 3.05) is 13.1 Å². The molecule has 0 amide bonds. The highest BCUT2D eigenvalue weighted by Gasteiger charge is 2.32. The summed E-state index contributed by atoms with van der Waals surface area (Å²) in [6.07, 6.45) is 0. The number of benzene rings is 1. The number of halogens is 2. The number of rotatable bonds is 2. The molecule has 1 saturated heterocycles. The van der Waals surface area contributed by atoms with Crippen LogP contribution < -0.4 is 5.32 Å². The zero-order valence-electron chi connectivity index (χ0n) is 7.81. The highest BCUT2D eigenvalue weighted by Crippen LogP contribution is 2.19. The molecule has 1 fully saturated rings. The van der Waals surface area contributed by atoms with Crippen molar-refractivity contribution in [2.45, 2.75) is 10.1 Å². The van der Waals surface area contributed by atoms with Gasteiger partial charge in [0.1, 0.15) is 5.82 Å². The molecule has 1 aliphatic heterocycles. The van der Waals surface area contributed by atoms with Crippen LogP contribution in [-0.4, -0.2) is 26.8 Å². The normalized spacial score (nSPS) is 16.6. The summed E-state index contributed by atoms with van der Waals surface area (Å²) in [6.45, 7) is 0.914. The summed E-state index contributed by atoms with van der Waals surface area (Å²) in [7, 11) is -3.33. The van der Waals surface area contributed by atoms with Gasteiger partial charge in [-0.2, -0.15) is 0 Å². The van der Waals surface area contributed by atoms with Crippen molar-refractivity contribution in [3.63, 3.8) is 0 Å². The molecule has 1 N–H and O–H groups in total. The van der Waals surface area contributed by atoms with Crippen LogP contribution in [0, 0.1) is 5.82 Å². The first-order valence-corrected chi connectivity index (χ1v) is 5.85. The van der Waals surface area contributed by atoms with Gasteiger partial charge < -0.3 is 5.32 Å². The molecule has 2 rings (SSSR count). The Morgan fingerprint density at radius 3 is 2.47 bits per heavy atom. The maximum absolute atomic E-state index is 12.8. The standard InChI is InChI=1S/C9H10FNO2S.ClH/c10-7-2-1-3-8(4-7)14(12,13)9-5-11-6-9;/h1-4,9,11H,5-6H2;1H. The van der Waals surface area contributed by atoms with E-state index >= 15 is 0 Å². The van der Waals surface area contributed by atoms with Gasteiger partial charge >= 0.3 is 0 Å². The smallest absolute Gasteiger partial charge is 0.183 e. The van der Waals surface area contributed by atoms with Gasteiger partial charge in [0.25, 0.3) is 0 Å². The van der Waals surface area contributed by atoms with Crippen LogP contribution in [0.2, 0.25) is 0 Å². The fourth-order valence-electron chi connectivity index (χ4n) is 1.32. The second-order valence-corrected chi connectivity index (χ2v) is 5.51. The molecule has 1 heterocycles. The summed E-state index contributed by atoms with van der Waals surface area (Å²) in [5.74, 6) is -0.515. The number of hydrogen-bond donors (Lipinski definition) is 1. The topological polar surface area (TPSA) is 46.2 Å². The Kier molecular flexibility index (Phi) is 3.70. The first-order valence-electron chi connectivity index (χ1n) is 4.31. The monoisotopic (exact) mass is 251 g/mol. The third-order valence-electron chi connectivity index (χ3n) is 2.31. The molecule has 1 aromatic carbocycles. The average molecular weight is 252 g/mol. The third kappa shape index (κ3) is 2.30. The fourth-order valence-corrected chi connectivity index (χ4v) is 2.92. The quantitative estimate of drug-likeness (QED) is 0.853. The summed E-state index contributed by atoms with van der Waals surface area (Å²) in [5.41, 5.74) is 0. The predicted octanol–water partition coefficient (Wildman–Crippen LogP) is 0.993. The molecule has 1 aromatic rings. The van der Waals surface area contributed by atoms with Gasteiger partial charge in [0.2, 0.25) is 0 Å². The zero-order chi connectivity index (χ0) is 10.2. The summed E-state index contributed by atoms with van der Waals surface area (Å²) < 4.78 is 36.3. The first-order chi connectivity index (χ1) is 6.60. The Bertz CT molecular complexity index is 445. The van der Waals surface area contributed by atoms with E-state index in [1.807, 2.05) is 0 Å². The van der Waals surface area contributed by atoms with Crippen LogP contribution in [0.25, 0.3) is 0 Å². The highest BCUT2D eigenvalue weighted by molar-refractivity contribution is 7.92. The van der Waals surface area contributed by atoms with Crippen molar-refractivity contribution in [1.82, 2.24) is 5.32 Å². The van der Waals surface area contributed by atoms with Crippen LogP contribution in [0.15, 0.2) is 29.2 Å². The van der Waals surface area contributed by atoms with E-state index in [1.54, 1.807) is 0 Å². The minimum absolute atomic E-state index is 0. The number of sulfone groups is 1. The molecule has 0 aliphatic carbocycles. The zero-order valence-corrected chi connectivity index (χ0v) is 9.44. The highest BCUT2D eigenvalue weighted by atomic mass is 35.5. The van der Waals surface area contributed by atoms with E-state index in [1.165, 1.54) is 18.2 Å². The van der Waals surface area contributed by atoms with Gasteiger partial charge in [0, 0.05) is 13.1 Å². The van der Waals surface area contributed by atoms with Crippen LogP contribution in [0.1, 0.15) is 0 Å². The van der Waals surface area contributed by atoms with Crippen LogP contribution in [-0.2, 0) is 9.84 Å². The van der Waals surface area contributed by atoms with Crippen LogP contribution in [0.3, 0.4) is 0 Å². The molecule has 15 heavy (non-hydrogen) atoms. The van der Waals surface area contributed by atoms with Crippen LogP contribution in [0.5, 0.6) is 0 Å². The minimum Gasteiger partial charge on any atom is -0.314 e. The molecule has 1 aliphatic rings. The van der Waals surface area contributed by atoms with Crippen molar-refractivity contribution in [2.24, 2.45) is 0 Å². The molecule has 84 valence electrons. The molecule has 3 nitrogen and oxygen atoms in total. The van der Waals surface area contributed by atoms with Gasteiger partial charge in [-0.1, -0.05) is 6.07 Å². The van der Waals surface area contributed by atoms with E-state index in [0.29, 0.717) is 13.1 Å². The van der Waals surface area contributed by atoms with Crippen molar-refractivity contribution < 1.29 is 12.8 Å². The fraction of sp³-hybridized carbons (Fsp3) is 0.333. The van der Waals surface area contributed by atoms with Gasteiger partial charge in [0.05, 0.1) is 10.1 Å². The molecule has 0 unspecified atom stereocenters. The lowest BCUT2D eigenvalue weighted by molar-refractivity contribution is 0.494. The maximum Gasteiger partial charge on any atom is 0.183 e. The van der Waals surface area contributed by atoms with Gasteiger partial charge in [-0.15, -0.1) is 12.4 Å². The van der Waals surface area contributed by atoms with E-state index in [2.05, 4.69) is 5.32 Å². The summed E-state index contributed by atoms with van der Waals surface area (Å²) in [5, 5.41) is 2.48. The Labute approximate surface area is 94.0 Å². The second kappa shape index (κ2) is 4.47. The van der Waals surface area contributed by atoms with E-state index in [0.717, 1.165) is 6.07 Å². The van der Waals surface area contributed by atoms with Crippen LogP contribution in [0.4, 0.5) is 4.39 Å². The third-order valence-corrected chi connectivity index (χ3v) is 4.43. The SMILES string of the molecule is Cl.O=S(=O)(c1cccc(F)c1)C1CNC1. The van der Waals surface area contributed by atoms with Gasteiger partial charge in [-0.05, 0) is 18.2 Å². The summed E-state index contributed by atoms with van der Waals surface area (Å²) in [6, 6.07) is 5.14. The van der Waals surface area contributed by atoms with Crippen molar-refractivity contribution in [3.8, 4) is 0 Å². The van der Waals surface area contributed by atoms with Gasteiger partial charge in [-0.3, -0.25) is 0 Å². The van der Waals surface area contributed by atoms with Gasteiger partial charge in [-0.25, -0.2) is 12.8 Å². The molecule has 6 heteroatoms. The maximum atomic E-state index is 12.8. The number of hydrogen-bond acceptors (Lipinski definition) is 3. The van der Waals surface area contributed by atoms with E-state index < -0.39 is 20.9 Å². The van der Waals surface area contributed by atoms with E-state index in [-0.39, 0.29) is 17.3 Å². The minimum atomic E-state index is -3.33. The first kappa shape index (κ1) is 12.4. The Hall–Kier alpha value is -0.650. The average Bonchev–Trinajstić information content (AvgIpc) is 2.00. The Morgan fingerprint density at radius 1 is 1.33 bits per heavy atom. The van der Waals surface area contributed by atoms with Gasteiger partial charge in [0.15, 0.2) is 9.84 Å². The molecule has 0 aromatic heterocycles. The summed E-state index contributed by atoms with van der Waals surface area (Å²) >= 11 is 0. The molecule has 0 bridgehead atoms. The Morgan fingerprint density at radius 2 is 2.00 bits per heavy atom. The van der Waals surface area contributed by atoms with Crippen molar-refractivity contribution in [1.29, 1.82) is 0 Å².